The van der Waals surface area contributed by atoms with E-state index in [0.717, 1.165) is 71.2 Å². The Balaban J connectivity index is 1.05. The van der Waals surface area contributed by atoms with Gasteiger partial charge in [0.05, 0.1) is 17.5 Å². The van der Waals surface area contributed by atoms with E-state index in [9.17, 15) is 8.42 Å². The van der Waals surface area contributed by atoms with Crippen molar-refractivity contribution in [2.75, 3.05) is 30.8 Å². The first-order valence-electron chi connectivity index (χ1n) is 14.4. The maximum atomic E-state index is 13.1. The minimum atomic E-state index is -3.59. The number of fused-ring (bicyclic) bond motifs is 2. The lowest BCUT2D eigenvalue weighted by atomic mass is 9.82. The zero-order valence-electron chi connectivity index (χ0n) is 23.6. The van der Waals surface area contributed by atoms with E-state index in [4.69, 9.17) is 14.7 Å². The van der Waals surface area contributed by atoms with Gasteiger partial charge in [-0.15, -0.1) is 0 Å². The lowest BCUT2D eigenvalue weighted by molar-refractivity contribution is 0.284. The molecule has 0 unspecified atom stereocenters. The highest BCUT2D eigenvalue weighted by atomic mass is 32.2. The average Bonchev–Trinajstić information content (AvgIpc) is 3.03. The topological polar surface area (TPSA) is 105 Å². The van der Waals surface area contributed by atoms with Gasteiger partial charge >= 0.3 is 0 Å². The Labute approximate surface area is 246 Å². The molecular formula is C33H35N5O3S. The summed E-state index contributed by atoms with van der Waals surface area (Å²) in [6.07, 6.45) is 4.00. The third kappa shape index (κ3) is 6.32. The maximum absolute atomic E-state index is 13.1. The van der Waals surface area contributed by atoms with Crippen molar-refractivity contribution in [3.63, 3.8) is 0 Å². The van der Waals surface area contributed by atoms with E-state index < -0.39 is 10.0 Å². The molecule has 1 saturated carbocycles. The van der Waals surface area contributed by atoms with Crippen molar-refractivity contribution in [2.45, 2.75) is 30.6 Å². The smallest absolute Gasteiger partial charge is 0.241 e. The molecule has 5 aromatic rings. The van der Waals surface area contributed by atoms with E-state index >= 15 is 0 Å². The van der Waals surface area contributed by atoms with Crippen LogP contribution in [0.5, 0.6) is 5.75 Å². The predicted octanol–water partition coefficient (Wildman–Crippen LogP) is 6.73. The number of ether oxygens (including phenoxy) is 1. The molecule has 1 heterocycles. The van der Waals surface area contributed by atoms with E-state index in [1.165, 1.54) is 0 Å². The molecule has 1 aromatic heterocycles. The highest BCUT2D eigenvalue weighted by Crippen LogP contribution is 2.31. The normalized spacial score (nSPS) is 17.3. The lowest BCUT2D eigenvalue weighted by Gasteiger charge is -2.28. The first kappa shape index (κ1) is 27.9. The van der Waals surface area contributed by atoms with Crippen LogP contribution in [0.1, 0.15) is 25.7 Å². The van der Waals surface area contributed by atoms with Gasteiger partial charge in [-0.25, -0.2) is 18.1 Å². The first-order valence-corrected chi connectivity index (χ1v) is 15.9. The summed E-state index contributed by atoms with van der Waals surface area (Å²) in [4.78, 5) is 9.90. The standard InChI is InChI=1S/C33H35N5O3S/c1-41-27-11-7-10-26(20-27)36-32-29-13-4-5-14-30(29)37-33(38-32)34-21-23-16-18-24(19-17-23)22-35-42(39,40)31-15-6-9-25-8-2-3-12-28(25)31/h2-15,20,23-24,35H,16-19,21-22H2,1H3,(H2,34,36,37,38)/t23-,24-. The summed E-state index contributed by atoms with van der Waals surface area (Å²) in [6, 6.07) is 28.7. The van der Waals surface area contributed by atoms with Crippen LogP contribution < -0.4 is 20.1 Å². The molecule has 4 aromatic carbocycles. The number of methoxy groups -OCH3 is 1. The van der Waals surface area contributed by atoms with Crippen LogP contribution in [0.15, 0.2) is 95.9 Å². The minimum absolute atomic E-state index is 0.321. The Bertz CT molecular complexity index is 1800. The van der Waals surface area contributed by atoms with Gasteiger partial charge in [0.15, 0.2) is 0 Å². The lowest BCUT2D eigenvalue weighted by Crippen LogP contribution is -2.32. The molecule has 0 radical (unpaired) electrons. The monoisotopic (exact) mass is 581 g/mol. The first-order chi connectivity index (χ1) is 20.5. The number of hydrogen-bond acceptors (Lipinski definition) is 7. The van der Waals surface area contributed by atoms with Crippen molar-refractivity contribution < 1.29 is 13.2 Å². The number of nitrogens with zero attached hydrogens (tertiary/aromatic N) is 2. The SMILES string of the molecule is COc1cccc(Nc2nc(NC[C@H]3CC[C@H](CNS(=O)(=O)c4cccc5ccccc45)CC3)nc3ccccc23)c1. The van der Waals surface area contributed by atoms with E-state index in [2.05, 4.69) is 15.4 Å². The van der Waals surface area contributed by atoms with Gasteiger partial charge in [-0.1, -0.05) is 54.6 Å². The Hall–Kier alpha value is -4.21. The van der Waals surface area contributed by atoms with Crippen LogP contribution >= 0.6 is 0 Å². The number of nitrogens with one attached hydrogen (secondary N) is 3. The number of hydrogen-bond donors (Lipinski definition) is 3. The largest absolute Gasteiger partial charge is 0.497 e. The number of rotatable bonds is 10. The molecule has 0 amide bonds. The van der Waals surface area contributed by atoms with Crippen LogP contribution in [0.4, 0.5) is 17.5 Å². The third-order valence-electron chi connectivity index (χ3n) is 8.05. The second-order valence-electron chi connectivity index (χ2n) is 10.9. The van der Waals surface area contributed by atoms with Crippen molar-refractivity contribution in [1.29, 1.82) is 0 Å². The highest BCUT2D eigenvalue weighted by molar-refractivity contribution is 7.89. The van der Waals surface area contributed by atoms with Crippen LogP contribution in [0.3, 0.4) is 0 Å². The van der Waals surface area contributed by atoms with Gasteiger partial charge in [0.1, 0.15) is 11.6 Å². The van der Waals surface area contributed by atoms with Crippen molar-refractivity contribution in [1.82, 2.24) is 14.7 Å². The van der Waals surface area contributed by atoms with Gasteiger partial charge in [-0.05, 0) is 73.2 Å². The molecule has 9 heteroatoms. The Morgan fingerprint density at radius 3 is 2.29 bits per heavy atom. The molecule has 0 atom stereocenters. The van der Waals surface area contributed by atoms with Crippen molar-refractivity contribution in [2.24, 2.45) is 11.8 Å². The fourth-order valence-electron chi connectivity index (χ4n) is 5.70. The van der Waals surface area contributed by atoms with Gasteiger partial charge in [0.2, 0.25) is 16.0 Å². The average molecular weight is 582 g/mol. The molecular weight excluding hydrogens is 546 g/mol. The number of benzene rings is 4. The zero-order chi connectivity index (χ0) is 28.9. The molecule has 1 aliphatic carbocycles. The fraction of sp³-hybridized carbons (Fsp3) is 0.273. The Kier molecular flexibility index (Phi) is 8.21. The minimum Gasteiger partial charge on any atom is -0.497 e. The van der Waals surface area contributed by atoms with Crippen LogP contribution in [-0.4, -0.2) is 38.6 Å². The number of sulfonamides is 1. The number of anilines is 3. The molecule has 0 aliphatic heterocycles. The molecule has 1 aliphatic rings. The fourth-order valence-corrected chi connectivity index (χ4v) is 7.04. The summed E-state index contributed by atoms with van der Waals surface area (Å²) >= 11 is 0. The second kappa shape index (κ2) is 12.3. The molecule has 8 nitrogen and oxygen atoms in total. The van der Waals surface area contributed by atoms with Gasteiger partial charge in [0.25, 0.3) is 0 Å². The van der Waals surface area contributed by atoms with Crippen molar-refractivity contribution >= 4 is 49.2 Å². The third-order valence-corrected chi connectivity index (χ3v) is 9.53. The van der Waals surface area contributed by atoms with E-state index in [1.54, 1.807) is 19.2 Å². The molecule has 216 valence electrons. The van der Waals surface area contributed by atoms with E-state index in [1.807, 2.05) is 78.9 Å². The molecule has 1 fully saturated rings. The Morgan fingerprint density at radius 2 is 1.48 bits per heavy atom. The summed E-state index contributed by atoms with van der Waals surface area (Å²) in [5, 5.41) is 9.51. The molecule has 0 bridgehead atoms. The van der Waals surface area contributed by atoms with Crippen LogP contribution in [0.25, 0.3) is 21.7 Å². The summed E-state index contributed by atoms with van der Waals surface area (Å²) in [5.41, 5.74) is 1.75. The van der Waals surface area contributed by atoms with E-state index in [-0.39, 0.29) is 0 Å². The Morgan fingerprint density at radius 1 is 0.786 bits per heavy atom. The van der Waals surface area contributed by atoms with Gasteiger partial charge in [-0.3, -0.25) is 0 Å². The summed E-state index contributed by atoms with van der Waals surface area (Å²) in [6.45, 7) is 1.23. The second-order valence-corrected chi connectivity index (χ2v) is 12.6. The van der Waals surface area contributed by atoms with Crippen LogP contribution in [0.2, 0.25) is 0 Å². The van der Waals surface area contributed by atoms with E-state index in [0.29, 0.717) is 29.2 Å². The highest BCUT2D eigenvalue weighted by Gasteiger charge is 2.24. The summed E-state index contributed by atoms with van der Waals surface area (Å²) in [5.74, 6) is 2.89. The predicted molar refractivity (Wildman–Crippen MR) is 169 cm³/mol. The number of aromatic nitrogens is 2. The molecule has 0 spiro atoms. The number of para-hydroxylation sites is 1. The summed E-state index contributed by atoms with van der Waals surface area (Å²) in [7, 11) is -1.93. The molecule has 6 rings (SSSR count). The van der Waals surface area contributed by atoms with Gasteiger partial charge < -0.3 is 15.4 Å². The molecule has 42 heavy (non-hydrogen) atoms. The molecule has 0 saturated heterocycles. The zero-order valence-corrected chi connectivity index (χ0v) is 24.4. The van der Waals surface area contributed by atoms with Crippen LogP contribution in [0, 0.1) is 11.8 Å². The maximum Gasteiger partial charge on any atom is 0.241 e. The molecule has 3 N–H and O–H groups in total. The van der Waals surface area contributed by atoms with Crippen molar-refractivity contribution in [3.05, 3.63) is 91.0 Å². The van der Waals surface area contributed by atoms with Gasteiger partial charge in [0, 0.05) is 35.6 Å². The van der Waals surface area contributed by atoms with Crippen LogP contribution in [-0.2, 0) is 10.0 Å². The van der Waals surface area contributed by atoms with Crippen molar-refractivity contribution in [3.8, 4) is 5.75 Å². The van der Waals surface area contributed by atoms with Gasteiger partial charge in [-0.2, -0.15) is 4.98 Å². The summed E-state index contributed by atoms with van der Waals surface area (Å²) < 4.78 is 34.5. The quantitative estimate of drug-likeness (QED) is 0.168.